The second-order valence-corrected chi connectivity index (χ2v) is 8.33. The molecule has 2 aromatic rings. The van der Waals surface area contributed by atoms with Crippen molar-refractivity contribution in [1.29, 1.82) is 0 Å². The maximum absolute atomic E-state index is 12.7. The van der Waals surface area contributed by atoms with E-state index in [2.05, 4.69) is 20.7 Å². The van der Waals surface area contributed by atoms with Gasteiger partial charge < -0.3 is 14.1 Å². The number of carbonyl (C=O) groups is 1. The number of ether oxygens (including phenoxy) is 1. The van der Waals surface area contributed by atoms with Crippen LogP contribution < -0.4 is 4.72 Å². The van der Waals surface area contributed by atoms with E-state index in [4.69, 9.17) is 9.15 Å². The highest BCUT2D eigenvalue weighted by Gasteiger charge is 2.21. The van der Waals surface area contributed by atoms with Crippen molar-refractivity contribution >= 4 is 31.9 Å². The highest BCUT2D eigenvalue weighted by molar-refractivity contribution is 9.10. The largest absolute Gasteiger partial charge is 0.464 e. The van der Waals surface area contributed by atoms with Gasteiger partial charge in [-0.05, 0) is 53.2 Å². The summed E-state index contributed by atoms with van der Waals surface area (Å²) in [4.78, 5) is 14.2. The predicted molar refractivity (Wildman–Crippen MR) is 100 cm³/mol. The van der Waals surface area contributed by atoms with Crippen molar-refractivity contribution in [2.75, 3.05) is 27.3 Å². The van der Waals surface area contributed by atoms with Gasteiger partial charge in [0.15, 0.2) is 0 Å². The van der Waals surface area contributed by atoms with E-state index in [0.29, 0.717) is 10.2 Å². The molecule has 0 aliphatic heterocycles. The van der Waals surface area contributed by atoms with Gasteiger partial charge in [-0.3, -0.25) is 4.79 Å². The summed E-state index contributed by atoms with van der Waals surface area (Å²) in [6, 6.07) is 7.96. The molecule has 1 aromatic heterocycles. The summed E-state index contributed by atoms with van der Waals surface area (Å²) in [5.74, 6) is 1.09. The first kappa shape index (κ1) is 20.6. The van der Waals surface area contributed by atoms with E-state index < -0.39 is 10.0 Å². The minimum atomic E-state index is -3.73. The van der Waals surface area contributed by atoms with Crippen molar-refractivity contribution in [2.45, 2.75) is 18.4 Å². The zero-order valence-corrected chi connectivity index (χ0v) is 17.2. The number of benzene rings is 1. The van der Waals surface area contributed by atoms with Gasteiger partial charge in [0.05, 0.1) is 23.6 Å². The highest BCUT2D eigenvalue weighted by atomic mass is 79.9. The summed E-state index contributed by atoms with van der Waals surface area (Å²) in [5, 5.41) is 0. The Kier molecular flexibility index (Phi) is 6.99. The molecule has 0 unspecified atom stereocenters. The van der Waals surface area contributed by atoms with Crippen molar-refractivity contribution in [3.8, 4) is 0 Å². The minimum absolute atomic E-state index is 0.0161. The fourth-order valence-corrected chi connectivity index (χ4v) is 3.73. The molecule has 0 aliphatic carbocycles. The first-order valence-electron chi connectivity index (χ1n) is 7.83. The van der Waals surface area contributed by atoms with Crippen LogP contribution >= 0.6 is 15.9 Å². The van der Waals surface area contributed by atoms with Gasteiger partial charge in [-0.1, -0.05) is 0 Å². The van der Waals surface area contributed by atoms with Gasteiger partial charge in [0.2, 0.25) is 10.0 Å². The second-order valence-electron chi connectivity index (χ2n) is 5.71. The number of rotatable bonds is 8. The van der Waals surface area contributed by atoms with Crippen LogP contribution in [0.15, 0.2) is 44.1 Å². The molecule has 1 N–H and O–H groups in total. The van der Waals surface area contributed by atoms with Crippen molar-refractivity contribution in [1.82, 2.24) is 9.62 Å². The van der Waals surface area contributed by atoms with Crippen LogP contribution in [-0.4, -0.2) is 46.5 Å². The average Bonchev–Trinajstić information content (AvgIpc) is 2.99. The smallest absolute Gasteiger partial charge is 0.255 e. The first-order chi connectivity index (χ1) is 12.2. The van der Waals surface area contributed by atoms with E-state index in [9.17, 15) is 13.2 Å². The Labute approximate surface area is 161 Å². The number of hydrogen-bond donors (Lipinski definition) is 1. The number of nitrogens with one attached hydrogen (secondary N) is 1. The summed E-state index contributed by atoms with van der Waals surface area (Å²) >= 11 is 3.31. The van der Waals surface area contributed by atoms with Crippen LogP contribution in [0.2, 0.25) is 0 Å². The van der Waals surface area contributed by atoms with E-state index in [-0.39, 0.29) is 36.1 Å². The molecule has 0 spiro atoms. The summed E-state index contributed by atoms with van der Waals surface area (Å²) in [6.07, 6.45) is 0. The van der Waals surface area contributed by atoms with E-state index in [1.165, 1.54) is 24.1 Å². The SMILES string of the molecule is COCCNS(=O)(=O)c1ccc(Br)c(C(=O)N(C)Cc2ccc(C)o2)c1. The summed E-state index contributed by atoms with van der Waals surface area (Å²) < 4.78 is 37.9. The molecule has 0 radical (unpaired) electrons. The van der Waals surface area contributed by atoms with Crippen molar-refractivity contribution in [2.24, 2.45) is 0 Å². The third kappa shape index (κ3) is 5.16. The maximum atomic E-state index is 12.7. The molecule has 1 aromatic carbocycles. The predicted octanol–water partition coefficient (Wildman–Crippen LogP) is 2.55. The highest BCUT2D eigenvalue weighted by Crippen LogP contribution is 2.23. The zero-order valence-electron chi connectivity index (χ0n) is 14.8. The topological polar surface area (TPSA) is 88.8 Å². The molecule has 0 bridgehead atoms. The van der Waals surface area contributed by atoms with Crippen LogP contribution in [0, 0.1) is 6.92 Å². The molecule has 0 saturated carbocycles. The van der Waals surface area contributed by atoms with Gasteiger partial charge in [0, 0.05) is 25.2 Å². The third-order valence-corrected chi connectivity index (χ3v) is 5.76. The van der Waals surface area contributed by atoms with Gasteiger partial charge in [0.1, 0.15) is 11.5 Å². The van der Waals surface area contributed by atoms with Gasteiger partial charge in [-0.2, -0.15) is 0 Å². The lowest BCUT2D eigenvalue weighted by atomic mass is 10.2. The van der Waals surface area contributed by atoms with E-state index in [1.807, 2.05) is 13.0 Å². The molecule has 0 fully saturated rings. The molecule has 142 valence electrons. The Hall–Kier alpha value is -1.68. The molecule has 7 nitrogen and oxygen atoms in total. The van der Waals surface area contributed by atoms with Crippen molar-refractivity contribution < 1.29 is 22.4 Å². The van der Waals surface area contributed by atoms with Gasteiger partial charge >= 0.3 is 0 Å². The fraction of sp³-hybridized carbons (Fsp3) is 0.353. The number of carbonyl (C=O) groups excluding carboxylic acids is 1. The first-order valence-corrected chi connectivity index (χ1v) is 10.1. The van der Waals surface area contributed by atoms with Crippen molar-refractivity contribution in [3.05, 3.63) is 51.9 Å². The summed E-state index contributed by atoms with van der Waals surface area (Å²) in [6.45, 7) is 2.51. The number of furan rings is 1. The zero-order chi connectivity index (χ0) is 19.3. The van der Waals surface area contributed by atoms with Crippen LogP contribution in [0.4, 0.5) is 0 Å². The fourth-order valence-electron chi connectivity index (χ4n) is 2.28. The lowest BCUT2D eigenvalue weighted by molar-refractivity contribution is 0.0774. The number of aryl methyl sites for hydroxylation is 1. The Bertz CT molecular complexity index is 879. The summed E-state index contributed by atoms with van der Waals surface area (Å²) in [5.41, 5.74) is 0.255. The molecule has 1 amide bonds. The monoisotopic (exact) mass is 444 g/mol. The minimum Gasteiger partial charge on any atom is -0.464 e. The Balaban J connectivity index is 2.21. The molecule has 0 saturated heterocycles. The standard InChI is InChI=1S/C17H21BrN2O5S/c1-12-4-5-13(25-12)11-20(2)17(21)15-10-14(6-7-16(15)18)26(22,23)19-8-9-24-3/h4-7,10,19H,8-9,11H2,1-3H3. The number of hydrogen-bond acceptors (Lipinski definition) is 5. The quantitative estimate of drug-likeness (QED) is 0.631. The molecule has 2 rings (SSSR count). The number of methoxy groups -OCH3 is 1. The Morgan fingerprint density at radius 2 is 2.04 bits per heavy atom. The summed E-state index contributed by atoms with van der Waals surface area (Å²) in [7, 11) is -0.610. The molecule has 0 aliphatic rings. The second kappa shape index (κ2) is 8.81. The van der Waals surface area contributed by atoms with Gasteiger partial charge in [-0.25, -0.2) is 13.1 Å². The number of nitrogens with zero attached hydrogens (tertiary/aromatic N) is 1. The van der Waals surface area contributed by atoms with Gasteiger partial charge in [0.25, 0.3) is 5.91 Å². The van der Waals surface area contributed by atoms with E-state index in [0.717, 1.165) is 5.76 Å². The van der Waals surface area contributed by atoms with Crippen LogP contribution in [0.3, 0.4) is 0 Å². The lowest BCUT2D eigenvalue weighted by Crippen LogP contribution is -2.29. The van der Waals surface area contributed by atoms with Crippen LogP contribution in [0.1, 0.15) is 21.9 Å². The van der Waals surface area contributed by atoms with E-state index >= 15 is 0 Å². The number of halogens is 1. The van der Waals surface area contributed by atoms with Crippen LogP contribution in [-0.2, 0) is 21.3 Å². The molecule has 0 atom stereocenters. The molecule has 1 heterocycles. The normalized spacial score (nSPS) is 11.5. The number of amides is 1. The van der Waals surface area contributed by atoms with Crippen LogP contribution in [0.5, 0.6) is 0 Å². The Morgan fingerprint density at radius 3 is 2.65 bits per heavy atom. The maximum Gasteiger partial charge on any atom is 0.255 e. The van der Waals surface area contributed by atoms with Crippen molar-refractivity contribution in [3.63, 3.8) is 0 Å². The van der Waals surface area contributed by atoms with E-state index in [1.54, 1.807) is 19.2 Å². The Morgan fingerprint density at radius 1 is 1.31 bits per heavy atom. The molecule has 26 heavy (non-hydrogen) atoms. The molecular weight excluding hydrogens is 424 g/mol. The number of sulfonamides is 1. The van der Waals surface area contributed by atoms with Gasteiger partial charge in [-0.15, -0.1) is 0 Å². The molecule has 9 heteroatoms. The molecular formula is C17H21BrN2O5S. The third-order valence-electron chi connectivity index (χ3n) is 3.61. The lowest BCUT2D eigenvalue weighted by Gasteiger charge is -2.17. The average molecular weight is 445 g/mol. The van der Waals surface area contributed by atoms with Crippen LogP contribution in [0.25, 0.3) is 0 Å².